The molecule has 9 nitrogen and oxygen atoms in total. The first-order valence-corrected chi connectivity index (χ1v) is 9.02. The molecule has 1 aromatic carbocycles. The van der Waals surface area contributed by atoms with Crippen molar-refractivity contribution in [1.82, 2.24) is 23.8 Å². The number of carbonyl (C=O) groups is 1. The molecule has 0 fully saturated rings. The summed E-state index contributed by atoms with van der Waals surface area (Å²) in [5.41, 5.74) is 0.142. The lowest BCUT2D eigenvalue weighted by atomic mass is 10.3. The van der Waals surface area contributed by atoms with E-state index in [0.717, 1.165) is 15.8 Å². The van der Waals surface area contributed by atoms with Gasteiger partial charge in [0.15, 0.2) is 0 Å². The monoisotopic (exact) mass is 392 g/mol. The quantitative estimate of drug-likeness (QED) is 0.615. The van der Waals surface area contributed by atoms with Gasteiger partial charge in [-0.2, -0.15) is 10.4 Å². The Balaban J connectivity index is 1.77. The molecule has 29 heavy (non-hydrogen) atoms. The second-order valence-electron chi connectivity index (χ2n) is 6.49. The SMILES string of the molecule is CCn1cc(C#N)c(=O)n(CC(=O)N(C)Cc2cnn(-c3ccccc3)c2)c1=O. The summed E-state index contributed by atoms with van der Waals surface area (Å²) in [7, 11) is 1.58. The zero-order valence-corrected chi connectivity index (χ0v) is 16.1. The summed E-state index contributed by atoms with van der Waals surface area (Å²) in [6.07, 6.45) is 4.68. The number of hydrogen-bond donors (Lipinski definition) is 0. The number of benzene rings is 1. The fourth-order valence-corrected chi connectivity index (χ4v) is 2.88. The van der Waals surface area contributed by atoms with Gasteiger partial charge in [0, 0.05) is 38.1 Å². The third kappa shape index (κ3) is 4.16. The van der Waals surface area contributed by atoms with Crippen molar-refractivity contribution >= 4 is 5.91 Å². The molecule has 0 aliphatic carbocycles. The minimum Gasteiger partial charge on any atom is -0.340 e. The highest BCUT2D eigenvalue weighted by Gasteiger charge is 2.17. The highest BCUT2D eigenvalue weighted by atomic mass is 16.2. The van der Waals surface area contributed by atoms with Gasteiger partial charge in [0.2, 0.25) is 5.91 Å². The van der Waals surface area contributed by atoms with E-state index >= 15 is 0 Å². The Morgan fingerprint density at radius 2 is 1.93 bits per heavy atom. The zero-order chi connectivity index (χ0) is 21.0. The summed E-state index contributed by atoms with van der Waals surface area (Å²) in [5.74, 6) is -0.422. The lowest BCUT2D eigenvalue weighted by molar-refractivity contribution is -0.131. The van der Waals surface area contributed by atoms with E-state index in [1.54, 1.807) is 30.9 Å². The van der Waals surface area contributed by atoms with Gasteiger partial charge in [-0.05, 0) is 19.1 Å². The van der Waals surface area contributed by atoms with E-state index in [4.69, 9.17) is 5.26 Å². The van der Waals surface area contributed by atoms with Crippen LogP contribution in [0.4, 0.5) is 0 Å². The summed E-state index contributed by atoms with van der Waals surface area (Å²) < 4.78 is 3.74. The number of aryl methyl sites for hydroxylation is 1. The fourth-order valence-electron chi connectivity index (χ4n) is 2.88. The van der Waals surface area contributed by atoms with Gasteiger partial charge in [0.25, 0.3) is 5.56 Å². The number of nitrogens with zero attached hydrogens (tertiary/aromatic N) is 6. The molecule has 0 spiro atoms. The van der Waals surface area contributed by atoms with E-state index in [9.17, 15) is 14.4 Å². The molecule has 0 aliphatic heterocycles. The molecule has 0 aliphatic rings. The van der Waals surface area contributed by atoms with Gasteiger partial charge in [0.1, 0.15) is 18.2 Å². The van der Waals surface area contributed by atoms with Crippen LogP contribution in [0.25, 0.3) is 5.69 Å². The van der Waals surface area contributed by atoms with Crippen LogP contribution < -0.4 is 11.2 Å². The molecule has 0 N–H and O–H groups in total. The minimum atomic E-state index is -0.763. The van der Waals surface area contributed by atoms with Crippen molar-refractivity contribution in [3.63, 3.8) is 0 Å². The summed E-state index contributed by atoms with van der Waals surface area (Å²) in [6, 6.07) is 11.3. The molecule has 2 aromatic heterocycles. The van der Waals surface area contributed by atoms with Gasteiger partial charge in [-0.15, -0.1) is 0 Å². The molecule has 148 valence electrons. The molecule has 0 radical (unpaired) electrons. The second kappa shape index (κ2) is 8.39. The van der Waals surface area contributed by atoms with E-state index in [0.29, 0.717) is 0 Å². The Morgan fingerprint density at radius 1 is 1.21 bits per heavy atom. The molecular weight excluding hydrogens is 372 g/mol. The van der Waals surface area contributed by atoms with E-state index < -0.39 is 23.7 Å². The van der Waals surface area contributed by atoms with Crippen LogP contribution in [-0.4, -0.2) is 36.8 Å². The molecule has 0 atom stereocenters. The van der Waals surface area contributed by atoms with E-state index in [1.807, 2.05) is 36.5 Å². The first-order valence-electron chi connectivity index (χ1n) is 9.02. The van der Waals surface area contributed by atoms with Crippen molar-refractivity contribution in [2.75, 3.05) is 7.05 Å². The summed E-state index contributed by atoms with van der Waals surface area (Å²) in [5, 5.41) is 13.4. The van der Waals surface area contributed by atoms with Crippen LogP contribution in [0.15, 0.2) is 58.5 Å². The number of nitriles is 1. The fraction of sp³-hybridized carbons (Fsp3) is 0.250. The normalized spacial score (nSPS) is 10.5. The second-order valence-corrected chi connectivity index (χ2v) is 6.49. The first-order chi connectivity index (χ1) is 13.9. The Morgan fingerprint density at radius 3 is 2.59 bits per heavy atom. The highest BCUT2D eigenvalue weighted by molar-refractivity contribution is 5.75. The molecule has 0 saturated carbocycles. The lowest BCUT2D eigenvalue weighted by Gasteiger charge is -2.17. The Bertz CT molecular complexity index is 1180. The smallest absolute Gasteiger partial charge is 0.331 e. The number of para-hydroxylation sites is 1. The molecule has 0 bridgehead atoms. The third-order valence-corrected chi connectivity index (χ3v) is 4.49. The van der Waals surface area contributed by atoms with Crippen molar-refractivity contribution in [2.45, 2.75) is 26.6 Å². The Kier molecular flexibility index (Phi) is 5.74. The van der Waals surface area contributed by atoms with Crippen LogP contribution in [0.3, 0.4) is 0 Å². The number of likely N-dealkylation sites (N-methyl/N-ethyl adjacent to an activating group) is 1. The molecule has 9 heteroatoms. The van der Waals surface area contributed by atoms with Crippen molar-refractivity contribution in [3.8, 4) is 11.8 Å². The van der Waals surface area contributed by atoms with E-state index in [-0.39, 0.29) is 18.7 Å². The molecule has 3 rings (SSSR count). The van der Waals surface area contributed by atoms with E-state index in [2.05, 4.69) is 5.10 Å². The molecule has 1 amide bonds. The molecule has 0 saturated heterocycles. The van der Waals surface area contributed by atoms with Gasteiger partial charge in [-0.3, -0.25) is 14.2 Å². The van der Waals surface area contributed by atoms with Crippen LogP contribution in [0.1, 0.15) is 18.1 Å². The lowest BCUT2D eigenvalue weighted by Crippen LogP contribution is -2.44. The number of rotatable bonds is 6. The van der Waals surface area contributed by atoms with Gasteiger partial charge in [-0.25, -0.2) is 14.0 Å². The average molecular weight is 392 g/mol. The summed E-state index contributed by atoms with van der Waals surface area (Å²) in [4.78, 5) is 38.7. The van der Waals surface area contributed by atoms with Gasteiger partial charge < -0.3 is 4.90 Å². The average Bonchev–Trinajstić information content (AvgIpc) is 3.20. The van der Waals surface area contributed by atoms with Gasteiger partial charge >= 0.3 is 5.69 Å². The Hall–Kier alpha value is -3.93. The maximum absolute atomic E-state index is 12.6. The topological polar surface area (TPSA) is 106 Å². The maximum Gasteiger partial charge on any atom is 0.331 e. The zero-order valence-electron chi connectivity index (χ0n) is 16.1. The van der Waals surface area contributed by atoms with Crippen LogP contribution >= 0.6 is 0 Å². The standard InChI is InChI=1S/C20H20N6O3/c1-3-24-13-16(9-21)19(28)25(20(24)29)14-18(27)23(2)11-15-10-22-26(12-15)17-7-5-4-6-8-17/h4-8,10,12-13H,3,11,14H2,1-2H3. The maximum atomic E-state index is 12.6. The summed E-state index contributed by atoms with van der Waals surface area (Å²) >= 11 is 0. The Labute approximate surface area is 166 Å². The third-order valence-electron chi connectivity index (χ3n) is 4.49. The first kappa shape index (κ1) is 19.8. The van der Waals surface area contributed by atoms with Crippen LogP contribution in [0.5, 0.6) is 0 Å². The number of carbonyl (C=O) groups excluding carboxylic acids is 1. The van der Waals surface area contributed by atoms with Crippen molar-refractivity contribution < 1.29 is 4.79 Å². The molecule has 0 unspecified atom stereocenters. The van der Waals surface area contributed by atoms with Crippen LogP contribution in [-0.2, 0) is 24.4 Å². The van der Waals surface area contributed by atoms with Crippen LogP contribution in [0.2, 0.25) is 0 Å². The predicted molar refractivity (Wildman–Crippen MR) is 105 cm³/mol. The summed E-state index contributed by atoms with van der Waals surface area (Å²) in [6.45, 7) is 1.84. The highest BCUT2D eigenvalue weighted by Crippen LogP contribution is 2.09. The molecular formula is C20H20N6O3. The molecule has 3 aromatic rings. The van der Waals surface area contributed by atoms with Crippen LogP contribution in [0, 0.1) is 11.3 Å². The van der Waals surface area contributed by atoms with Crippen molar-refractivity contribution in [3.05, 3.63) is 80.9 Å². The van der Waals surface area contributed by atoms with E-state index in [1.165, 1.54) is 15.7 Å². The largest absolute Gasteiger partial charge is 0.340 e. The number of hydrogen-bond acceptors (Lipinski definition) is 5. The van der Waals surface area contributed by atoms with Crippen molar-refractivity contribution in [2.24, 2.45) is 0 Å². The van der Waals surface area contributed by atoms with Gasteiger partial charge in [-0.1, -0.05) is 18.2 Å². The minimum absolute atomic E-state index is 0.175. The van der Waals surface area contributed by atoms with Crippen molar-refractivity contribution in [1.29, 1.82) is 5.26 Å². The molecule has 2 heterocycles. The number of aromatic nitrogens is 4. The predicted octanol–water partition coefficient (Wildman–Crippen LogP) is 0.746. The van der Waals surface area contributed by atoms with Gasteiger partial charge in [0.05, 0.1) is 11.9 Å². The number of amides is 1.